The molecule has 2 heterocycles. The predicted octanol–water partition coefficient (Wildman–Crippen LogP) is 3.71. The second-order valence-electron chi connectivity index (χ2n) is 8.31. The van der Waals surface area contributed by atoms with Crippen LogP contribution in [-0.4, -0.2) is 59.4 Å². The first-order valence-corrected chi connectivity index (χ1v) is 11.3. The molecule has 1 atom stereocenters. The molecule has 1 fully saturated rings. The van der Waals surface area contributed by atoms with Crippen molar-refractivity contribution in [3.05, 3.63) is 62.6 Å². The van der Waals surface area contributed by atoms with Crippen LogP contribution in [0.3, 0.4) is 0 Å². The summed E-state index contributed by atoms with van der Waals surface area (Å²) in [6.45, 7) is 1.59. The van der Waals surface area contributed by atoms with E-state index in [2.05, 4.69) is 5.32 Å². The number of hydrogen-bond acceptors (Lipinski definition) is 5. The molecule has 8 nitrogen and oxygen atoms in total. The Morgan fingerprint density at radius 2 is 1.88 bits per heavy atom. The van der Waals surface area contributed by atoms with E-state index in [-0.39, 0.29) is 11.8 Å². The quantitative estimate of drug-likeness (QED) is 0.568. The van der Waals surface area contributed by atoms with Gasteiger partial charge in [-0.3, -0.25) is 14.2 Å². The molecular formula is C23H24Cl2N4O4. The fourth-order valence-corrected chi connectivity index (χ4v) is 4.53. The number of aromatic nitrogens is 1. The third-order valence-corrected chi connectivity index (χ3v) is 6.07. The molecule has 1 N–H and O–H groups in total. The van der Waals surface area contributed by atoms with Crippen molar-refractivity contribution in [3.8, 4) is 0 Å². The Morgan fingerprint density at radius 1 is 1.15 bits per heavy atom. The Balaban J connectivity index is 1.54. The summed E-state index contributed by atoms with van der Waals surface area (Å²) in [5.74, 6) is -1.03. The van der Waals surface area contributed by atoms with Crippen LogP contribution in [0.4, 0.5) is 5.69 Å². The highest BCUT2D eigenvalue weighted by atomic mass is 35.5. The smallest absolute Gasteiger partial charge is 0.408 e. The van der Waals surface area contributed by atoms with Gasteiger partial charge in [-0.05, 0) is 63.3 Å². The number of likely N-dealkylation sites (tertiary alicyclic amines) is 1. The van der Waals surface area contributed by atoms with Crippen molar-refractivity contribution in [2.45, 2.75) is 25.4 Å². The highest BCUT2D eigenvalue weighted by molar-refractivity contribution is 6.35. The fraction of sp³-hybridized carbons (Fsp3) is 0.348. The minimum absolute atomic E-state index is 0.292. The van der Waals surface area contributed by atoms with Crippen molar-refractivity contribution >= 4 is 51.8 Å². The largest absolute Gasteiger partial charge is 0.419 e. The molecule has 0 spiro atoms. The van der Waals surface area contributed by atoms with Crippen LogP contribution < -0.4 is 11.1 Å². The molecule has 1 unspecified atom stereocenters. The van der Waals surface area contributed by atoms with Gasteiger partial charge in [0.25, 0.3) is 5.91 Å². The average Bonchev–Trinajstić information content (AvgIpc) is 3.35. The van der Waals surface area contributed by atoms with Gasteiger partial charge in [0.05, 0.1) is 5.52 Å². The first kappa shape index (κ1) is 23.4. The maximum absolute atomic E-state index is 13.1. The summed E-state index contributed by atoms with van der Waals surface area (Å²) in [5, 5.41) is 3.61. The van der Waals surface area contributed by atoms with Gasteiger partial charge in [-0.2, -0.15) is 0 Å². The highest BCUT2D eigenvalue weighted by Gasteiger charge is 2.35. The second-order valence-corrected chi connectivity index (χ2v) is 9.18. The number of nitrogens with zero attached hydrogens (tertiary/aromatic N) is 3. The molecule has 2 aromatic carbocycles. The van der Waals surface area contributed by atoms with Crippen molar-refractivity contribution in [2.75, 3.05) is 32.5 Å². The van der Waals surface area contributed by atoms with E-state index in [1.807, 2.05) is 19.0 Å². The highest BCUT2D eigenvalue weighted by Crippen LogP contribution is 2.26. The Kier molecular flexibility index (Phi) is 6.78. The zero-order valence-electron chi connectivity index (χ0n) is 18.3. The van der Waals surface area contributed by atoms with Crippen molar-refractivity contribution in [2.24, 2.45) is 0 Å². The standard InChI is InChI=1S/C23H24Cl2N4O4/c1-27(2)8-9-29-19-13-17(5-6-20(19)33-23(29)32)26-21(30)18-4-3-7-28(18)22(31)14-10-15(24)12-16(25)11-14/h5-6,10-13,18H,3-4,7-9H2,1-2H3,(H,26,30). The molecule has 0 radical (unpaired) electrons. The molecule has 1 aliphatic rings. The monoisotopic (exact) mass is 490 g/mol. The zero-order valence-corrected chi connectivity index (χ0v) is 19.8. The van der Waals surface area contributed by atoms with E-state index in [9.17, 15) is 14.4 Å². The minimum Gasteiger partial charge on any atom is -0.408 e. The summed E-state index contributed by atoms with van der Waals surface area (Å²) in [7, 11) is 3.84. The van der Waals surface area contributed by atoms with Crippen LogP contribution in [0.1, 0.15) is 23.2 Å². The van der Waals surface area contributed by atoms with E-state index in [4.69, 9.17) is 27.6 Å². The maximum Gasteiger partial charge on any atom is 0.419 e. The molecule has 0 saturated carbocycles. The zero-order chi connectivity index (χ0) is 23.7. The lowest BCUT2D eigenvalue weighted by Crippen LogP contribution is -2.43. The van der Waals surface area contributed by atoms with E-state index in [1.54, 1.807) is 45.9 Å². The van der Waals surface area contributed by atoms with Gasteiger partial charge in [0.1, 0.15) is 6.04 Å². The molecule has 33 heavy (non-hydrogen) atoms. The number of amides is 2. The van der Waals surface area contributed by atoms with Gasteiger partial charge >= 0.3 is 5.76 Å². The van der Waals surface area contributed by atoms with E-state index >= 15 is 0 Å². The summed E-state index contributed by atoms with van der Waals surface area (Å²) in [5.41, 5.74) is 1.92. The Morgan fingerprint density at radius 3 is 2.58 bits per heavy atom. The predicted molar refractivity (Wildman–Crippen MR) is 128 cm³/mol. The number of nitrogens with one attached hydrogen (secondary N) is 1. The summed E-state index contributed by atoms with van der Waals surface area (Å²) in [6.07, 6.45) is 1.26. The van der Waals surface area contributed by atoms with E-state index in [0.29, 0.717) is 64.9 Å². The lowest BCUT2D eigenvalue weighted by Gasteiger charge is -2.24. The molecule has 4 rings (SSSR count). The van der Waals surface area contributed by atoms with Crippen molar-refractivity contribution in [3.63, 3.8) is 0 Å². The van der Waals surface area contributed by atoms with Gasteiger partial charge < -0.3 is 19.5 Å². The first-order valence-electron chi connectivity index (χ1n) is 10.6. The first-order chi connectivity index (χ1) is 15.7. The van der Waals surface area contributed by atoms with Gasteiger partial charge in [0.2, 0.25) is 5.91 Å². The van der Waals surface area contributed by atoms with E-state index in [1.165, 1.54) is 0 Å². The van der Waals surface area contributed by atoms with Crippen LogP contribution in [0.5, 0.6) is 0 Å². The number of carbonyl (C=O) groups is 2. The fourth-order valence-electron chi connectivity index (χ4n) is 4.00. The van der Waals surface area contributed by atoms with Gasteiger partial charge in [-0.1, -0.05) is 23.2 Å². The van der Waals surface area contributed by atoms with E-state index < -0.39 is 11.8 Å². The number of rotatable bonds is 6. The molecule has 2 amide bonds. The van der Waals surface area contributed by atoms with Crippen molar-refractivity contribution in [1.29, 1.82) is 0 Å². The maximum atomic E-state index is 13.1. The van der Waals surface area contributed by atoms with E-state index in [0.717, 1.165) is 0 Å². The van der Waals surface area contributed by atoms with Crippen LogP contribution in [-0.2, 0) is 11.3 Å². The van der Waals surface area contributed by atoms with Crippen molar-refractivity contribution < 1.29 is 14.0 Å². The third-order valence-electron chi connectivity index (χ3n) is 5.63. The minimum atomic E-state index is -0.619. The Bertz CT molecular complexity index is 1250. The van der Waals surface area contributed by atoms with Crippen LogP contribution in [0.25, 0.3) is 11.1 Å². The normalized spacial score (nSPS) is 16.0. The van der Waals surface area contributed by atoms with Gasteiger partial charge in [0.15, 0.2) is 5.58 Å². The number of hydrogen-bond donors (Lipinski definition) is 1. The number of likely N-dealkylation sites (N-methyl/N-ethyl adjacent to an activating group) is 1. The third kappa shape index (κ3) is 5.08. The van der Waals surface area contributed by atoms with Gasteiger partial charge in [0, 0.05) is 40.9 Å². The topological polar surface area (TPSA) is 87.8 Å². The van der Waals surface area contributed by atoms with Crippen LogP contribution in [0.15, 0.2) is 45.6 Å². The van der Waals surface area contributed by atoms with Crippen LogP contribution in [0, 0.1) is 0 Å². The number of halogens is 2. The number of fused-ring (bicyclic) bond motifs is 1. The molecule has 1 saturated heterocycles. The number of benzene rings is 2. The van der Waals surface area contributed by atoms with Gasteiger partial charge in [-0.15, -0.1) is 0 Å². The molecule has 10 heteroatoms. The average molecular weight is 491 g/mol. The van der Waals surface area contributed by atoms with Crippen LogP contribution >= 0.6 is 23.2 Å². The summed E-state index contributed by atoms with van der Waals surface area (Å²) in [6, 6.07) is 9.07. The molecule has 1 aliphatic heterocycles. The summed E-state index contributed by atoms with van der Waals surface area (Å²) < 4.78 is 6.85. The molecule has 174 valence electrons. The summed E-state index contributed by atoms with van der Waals surface area (Å²) >= 11 is 12.1. The molecule has 3 aromatic rings. The summed E-state index contributed by atoms with van der Waals surface area (Å²) in [4.78, 5) is 41.9. The SMILES string of the molecule is CN(C)CCn1c(=O)oc2ccc(NC(=O)C3CCCN3C(=O)c3cc(Cl)cc(Cl)c3)cc21. The van der Waals surface area contributed by atoms with Crippen molar-refractivity contribution in [1.82, 2.24) is 14.4 Å². The molecule has 0 aliphatic carbocycles. The number of oxazole rings is 1. The number of anilines is 1. The Labute approximate surface area is 200 Å². The lowest BCUT2D eigenvalue weighted by molar-refractivity contribution is -0.119. The molecule has 0 bridgehead atoms. The Hall–Kier alpha value is -2.81. The lowest BCUT2D eigenvalue weighted by atomic mass is 10.1. The molecular weight excluding hydrogens is 467 g/mol. The molecule has 1 aromatic heterocycles. The van der Waals surface area contributed by atoms with Crippen LogP contribution in [0.2, 0.25) is 10.0 Å². The van der Waals surface area contributed by atoms with Gasteiger partial charge in [-0.25, -0.2) is 4.79 Å². The number of carbonyl (C=O) groups excluding carboxylic acids is 2. The second kappa shape index (κ2) is 9.59.